The Morgan fingerprint density at radius 2 is 2.25 bits per heavy atom. The summed E-state index contributed by atoms with van der Waals surface area (Å²) in [5.41, 5.74) is 5.52. The van der Waals surface area contributed by atoms with E-state index >= 15 is 0 Å². The summed E-state index contributed by atoms with van der Waals surface area (Å²) >= 11 is 1.32. The molecular weight excluding hydrogens is 176 g/mol. The maximum atomic E-state index is 9.51. The highest BCUT2D eigenvalue weighted by Gasteiger charge is 2.22. The summed E-state index contributed by atoms with van der Waals surface area (Å²) in [6, 6.07) is -0.670. The Hall–Kier alpha value is -0.490. The molecule has 1 aromatic rings. The lowest BCUT2D eigenvalue weighted by atomic mass is 10.1. The first-order chi connectivity index (χ1) is 5.63. The second kappa shape index (κ2) is 3.95. The topological polar surface area (TPSA) is 79.4 Å². The summed E-state index contributed by atoms with van der Waals surface area (Å²) < 4.78 is 0. The standard InChI is InChI=1S/C7H12N2O2S/c1-4(10)5(8)6(11)7-9-2-3-12-7/h2-6,10-11H,8H2,1H3/t4-,5+,6-/m1/s1. The third kappa shape index (κ3) is 2.01. The fourth-order valence-electron chi connectivity index (χ4n) is 0.809. The quantitative estimate of drug-likeness (QED) is 0.618. The van der Waals surface area contributed by atoms with Gasteiger partial charge in [-0.1, -0.05) is 0 Å². The van der Waals surface area contributed by atoms with Gasteiger partial charge in [0, 0.05) is 11.6 Å². The lowest BCUT2D eigenvalue weighted by Crippen LogP contribution is -2.38. The Balaban J connectivity index is 2.65. The maximum absolute atomic E-state index is 9.51. The predicted molar refractivity (Wildman–Crippen MR) is 46.7 cm³/mol. The van der Waals surface area contributed by atoms with Crippen molar-refractivity contribution in [1.29, 1.82) is 0 Å². The van der Waals surface area contributed by atoms with Gasteiger partial charge in [-0.3, -0.25) is 0 Å². The zero-order valence-corrected chi connectivity index (χ0v) is 7.53. The van der Waals surface area contributed by atoms with Crippen LogP contribution in [0.4, 0.5) is 0 Å². The molecule has 1 aromatic heterocycles. The van der Waals surface area contributed by atoms with Crippen molar-refractivity contribution >= 4 is 11.3 Å². The maximum Gasteiger partial charge on any atom is 0.123 e. The number of aromatic nitrogens is 1. The SMILES string of the molecule is C[C@@H](O)[C@H](N)[C@@H](O)c1nccs1. The average molecular weight is 188 g/mol. The molecule has 0 spiro atoms. The fraction of sp³-hybridized carbons (Fsp3) is 0.571. The van der Waals surface area contributed by atoms with Crippen LogP contribution in [0.25, 0.3) is 0 Å². The van der Waals surface area contributed by atoms with E-state index in [9.17, 15) is 5.11 Å². The Morgan fingerprint density at radius 3 is 2.67 bits per heavy atom. The van der Waals surface area contributed by atoms with Crippen LogP contribution in [0, 0.1) is 0 Å². The number of thiazole rings is 1. The number of aliphatic hydroxyl groups is 2. The molecule has 0 unspecified atom stereocenters. The van der Waals surface area contributed by atoms with Crippen molar-refractivity contribution in [2.24, 2.45) is 5.73 Å². The minimum atomic E-state index is -0.870. The van der Waals surface area contributed by atoms with Crippen LogP contribution < -0.4 is 5.73 Å². The van der Waals surface area contributed by atoms with E-state index in [0.29, 0.717) is 5.01 Å². The zero-order valence-electron chi connectivity index (χ0n) is 6.71. The van der Waals surface area contributed by atoms with Gasteiger partial charge in [0.15, 0.2) is 0 Å². The average Bonchev–Trinajstić information content (AvgIpc) is 2.53. The van der Waals surface area contributed by atoms with E-state index in [1.165, 1.54) is 11.3 Å². The van der Waals surface area contributed by atoms with Crippen LogP contribution in [-0.4, -0.2) is 27.3 Å². The molecule has 1 rings (SSSR count). The largest absolute Gasteiger partial charge is 0.392 e. The molecule has 0 saturated carbocycles. The number of rotatable bonds is 3. The van der Waals surface area contributed by atoms with Crippen molar-refractivity contribution < 1.29 is 10.2 Å². The van der Waals surface area contributed by atoms with Gasteiger partial charge >= 0.3 is 0 Å². The molecule has 0 aliphatic rings. The number of nitrogens with two attached hydrogens (primary N) is 1. The molecule has 0 radical (unpaired) electrons. The summed E-state index contributed by atoms with van der Waals surface area (Å²) in [5.74, 6) is 0. The van der Waals surface area contributed by atoms with Crippen molar-refractivity contribution in [3.63, 3.8) is 0 Å². The highest BCUT2D eigenvalue weighted by atomic mass is 32.1. The van der Waals surface area contributed by atoms with E-state index in [4.69, 9.17) is 10.8 Å². The third-order valence-electron chi connectivity index (χ3n) is 1.63. The normalized spacial score (nSPS) is 18.7. The Labute approximate surface area is 74.7 Å². The monoisotopic (exact) mass is 188 g/mol. The van der Waals surface area contributed by atoms with Crippen LogP contribution in [0.1, 0.15) is 18.0 Å². The Bertz CT molecular complexity index is 225. The Kier molecular flexibility index (Phi) is 3.16. The molecule has 0 saturated heterocycles. The molecule has 5 heteroatoms. The van der Waals surface area contributed by atoms with Gasteiger partial charge in [0.05, 0.1) is 12.1 Å². The number of hydrogen-bond acceptors (Lipinski definition) is 5. The first-order valence-corrected chi connectivity index (χ1v) is 4.52. The van der Waals surface area contributed by atoms with E-state index in [2.05, 4.69) is 4.98 Å². The highest BCUT2D eigenvalue weighted by Crippen LogP contribution is 2.19. The second-order valence-electron chi connectivity index (χ2n) is 2.63. The third-order valence-corrected chi connectivity index (χ3v) is 2.47. The van der Waals surface area contributed by atoms with Gasteiger partial charge in [-0.2, -0.15) is 0 Å². The van der Waals surface area contributed by atoms with E-state index in [-0.39, 0.29) is 0 Å². The van der Waals surface area contributed by atoms with Gasteiger partial charge in [-0.25, -0.2) is 4.98 Å². The van der Waals surface area contributed by atoms with Crippen molar-refractivity contribution in [1.82, 2.24) is 4.98 Å². The lowest BCUT2D eigenvalue weighted by Gasteiger charge is -2.18. The minimum Gasteiger partial charge on any atom is -0.392 e. The van der Waals surface area contributed by atoms with Gasteiger partial charge in [0.1, 0.15) is 11.1 Å². The van der Waals surface area contributed by atoms with Gasteiger partial charge < -0.3 is 15.9 Å². The van der Waals surface area contributed by atoms with Crippen molar-refractivity contribution in [3.8, 4) is 0 Å². The van der Waals surface area contributed by atoms with E-state index in [0.717, 1.165) is 0 Å². The van der Waals surface area contributed by atoms with Crippen LogP contribution >= 0.6 is 11.3 Å². The molecule has 0 aliphatic carbocycles. The van der Waals surface area contributed by atoms with Crippen LogP contribution in [0.15, 0.2) is 11.6 Å². The predicted octanol–water partition coefficient (Wildman–Crippen LogP) is -0.115. The smallest absolute Gasteiger partial charge is 0.123 e. The molecule has 0 bridgehead atoms. The van der Waals surface area contributed by atoms with Gasteiger partial charge in [-0.05, 0) is 6.92 Å². The van der Waals surface area contributed by atoms with Crippen LogP contribution in [0.2, 0.25) is 0 Å². The van der Waals surface area contributed by atoms with E-state index in [1.807, 2.05) is 0 Å². The lowest BCUT2D eigenvalue weighted by molar-refractivity contribution is 0.0648. The van der Waals surface area contributed by atoms with Crippen LogP contribution in [-0.2, 0) is 0 Å². The molecule has 0 aliphatic heterocycles. The number of nitrogens with zero attached hydrogens (tertiary/aromatic N) is 1. The summed E-state index contributed by atoms with van der Waals surface area (Å²) in [7, 11) is 0. The van der Waals surface area contributed by atoms with Gasteiger partial charge in [0.25, 0.3) is 0 Å². The summed E-state index contributed by atoms with van der Waals surface area (Å²) in [5, 5.41) is 20.9. The highest BCUT2D eigenvalue weighted by molar-refractivity contribution is 7.09. The first-order valence-electron chi connectivity index (χ1n) is 3.64. The molecule has 4 nitrogen and oxygen atoms in total. The molecule has 68 valence electrons. The molecular formula is C7H12N2O2S. The van der Waals surface area contributed by atoms with E-state index in [1.54, 1.807) is 18.5 Å². The van der Waals surface area contributed by atoms with Crippen LogP contribution in [0.3, 0.4) is 0 Å². The number of aliphatic hydroxyl groups excluding tert-OH is 2. The molecule has 0 amide bonds. The number of hydrogen-bond donors (Lipinski definition) is 3. The Morgan fingerprint density at radius 1 is 1.58 bits per heavy atom. The van der Waals surface area contributed by atoms with Crippen molar-refractivity contribution in [2.45, 2.75) is 25.2 Å². The minimum absolute atomic E-state index is 0.545. The summed E-state index contributed by atoms with van der Waals surface area (Å²) in [6.07, 6.45) is -0.00765. The van der Waals surface area contributed by atoms with Crippen LogP contribution in [0.5, 0.6) is 0 Å². The van der Waals surface area contributed by atoms with Gasteiger partial charge in [-0.15, -0.1) is 11.3 Å². The first kappa shape index (κ1) is 9.60. The van der Waals surface area contributed by atoms with Crippen molar-refractivity contribution in [3.05, 3.63) is 16.6 Å². The fourth-order valence-corrected chi connectivity index (χ4v) is 1.49. The second-order valence-corrected chi connectivity index (χ2v) is 3.56. The molecule has 0 aromatic carbocycles. The summed E-state index contributed by atoms with van der Waals surface area (Å²) in [6.45, 7) is 1.54. The molecule has 0 fully saturated rings. The van der Waals surface area contributed by atoms with E-state index < -0.39 is 18.2 Å². The van der Waals surface area contributed by atoms with Crippen molar-refractivity contribution in [2.75, 3.05) is 0 Å². The molecule has 12 heavy (non-hydrogen) atoms. The molecule has 3 atom stereocenters. The summed E-state index contributed by atoms with van der Waals surface area (Å²) in [4.78, 5) is 3.90. The zero-order chi connectivity index (χ0) is 9.14. The van der Waals surface area contributed by atoms with Gasteiger partial charge in [0.2, 0.25) is 0 Å². The molecule has 1 heterocycles. The molecule has 4 N–H and O–H groups in total.